The van der Waals surface area contributed by atoms with Crippen LogP contribution in [0.1, 0.15) is 37.2 Å². The molecule has 1 aromatic carbocycles. The van der Waals surface area contributed by atoms with Crippen LogP contribution in [0.3, 0.4) is 0 Å². The molecule has 2 aliphatic carbocycles. The summed E-state index contributed by atoms with van der Waals surface area (Å²) in [5.74, 6) is 1.53. The maximum atomic E-state index is 10.7. The minimum atomic E-state index is -0.111. The van der Waals surface area contributed by atoms with E-state index in [0.29, 0.717) is 29.8 Å². The first-order chi connectivity index (χ1) is 10.7. The second kappa shape index (κ2) is 5.17. The fourth-order valence-corrected chi connectivity index (χ4v) is 5.00. The molecule has 22 heavy (non-hydrogen) atoms. The number of rotatable bonds is 1. The van der Waals surface area contributed by atoms with Crippen LogP contribution < -0.4 is 5.32 Å². The van der Waals surface area contributed by atoms with E-state index in [0.717, 1.165) is 37.9 Å². The quantitative estimate of drug-likeness (QED) is 0.738. The molecule has 3 N–H and O–H groups in total. The Kier molecular flexibility index (Phi) is 3.26. The van der Waals surface area contributed by atoms with Crippen molar-refractivity contribution in [1.29, 1.82) is 0 Å². The smallest absolute Gasteiger partial charge is 0.118 e. The molecule has 0 saturated carbocycles. The van der Waals surface area contributed by atoms with Gasteiger partial charge in [0.15, 0.2) is 0 Å². The van der Waals surface area contributed by atoms with Crippen molar-refractivity contribution in [2.24, 2.45) is 11.3 Å². The number of aliphatic hydroxyl groups excluding tert-OH is 2. The summed E-state index contributed by atoms with van der Waals surface area (Å²) in [4.78, 5) is 0. The third-order valence-electron chi connectivity index (χ3n) is 5.88. The summed E-state index contributed by atoms with van der Waals surface area (Å²) in [5.41, 5.74) is 2.02. The summed E-state index contributed by atoms with van der Waals surface area (Å²) in [7, 11) is 0. The maximum absolute atomic E-state index is 10.7. The molecule has 1 spiro atoms. The van der Waals surface area contributed by atoms with Crippen molar-refractivity contribution in [3.05, 3.63) is 59.1 Å². The van der Waals surface area contributed by atoms with Crippen LogP contribution in [-0.2, 0) is 0 Å². The fourth-order valence-electron chi connectivity index (χ4n) is 5.00. The van der Waals surface area contributed by atoms with Gasteiger partial charge in [-0.05, 0) is 49.3 Å². The van der Waals surface area contributed by atoms with E-state index in [4.69, 9.17) is 0 Å². The lowest BCUT2D eigenvalue weighted by molar-refractivity contribution is 0.0756. The Bertz CT molecular complexity index is 634. The van der Waals surface area contributed by atoms with Gasteiger partial charge in [-0.25, -0.2) is 0 Å². The third kappa shape index (κ3) is 1.92. The van der Waals surface area contributed by atoms with E-state index >= 15 is 0 Å². The number of piperidine rings is 1. The van der Waals surface area contributed by atoms with Crippen molar-refractivity contribution in [3.8, 4) is 0 Å². The van der Waals surface area contributed by atoms with Crippen LogP contribution in [0.2, 0.25) is 0 Å². The summed E-state index contributed by atoms with van der Waals surface area (Å²) < 4.78 is 0. The van der Waals surface area contributed by atoms with E-state index in [1.165, 1.54) is 5.56 Å². The van der Waals surface area contributed by atoms with Crippen LogP contribution in [0.4, 0.5) is 0 Å². The Balaban J connectivity index is 1.85. The highest BCUT2D eigenvalue weighted by molar-refractivity contribution is 5.43. The van der Waals surface area contributed by atoms with Crippen molar-refractivity contribution in [2.75, 3.05) is 13.1 Å². The maximum Gasteiger partial charge on any atom is 0.118 e. The Hall–Kier alpha value is -1.74. The van der Waals surface area contributed by atoms with Crippen molar-refractivity contribution in [3.63, 3.8) is 0 Å². The van der Waals surface area contributed by atoms with Crippen LogP contribution in [0.5, 0.6) is 0 Å². The van der Waals surface area contributed by atoms with Crippen molar-refractivity contribution in [1.82, 2.24) is 5.32 Å². The topological polar surface area (TPSA) is 52.5 Å². The molecule has 3 atom stereocenters. The van der Waals surface area contributed by atoms with E-state index in [1.54, 1.807) is 0 Å². The van der Waals surface area contributed by atoms with Crippen molar-refractivity contribution in [2.45, 2.75) is 31.6 Å². The average molecular weight is 297 g/mol. The zero-order valence-corrected chi connectivity index (χ0v) is 12.8. The van der Waals surface area contributed by atoms with E-state index in [-0.39, 0.29) is 5.41 Å². The van der Waals surface area contributed by atoms with Crippen LogP contribution in [0, 0.1) is 11.3 Å². The average Bonchev–Trinajstić information content (AvgIpc) is 2.54. The molecule has 1 heterocycles. The molecule has 4 rings (SSSR count). The first kappa shape index (κ1) is 13.9. The molecular formula is C19H23NO2. The zero-order chi connectivity index (χ0) is 15.2. The van der Waals surface area contributed by atoms with Gasteiger partial charge < -0.3 is 15.5 Å². The summed E-state index contributed by atoms with van der Waals surface area (Å²) >= 11 is 0. The molecule has 1 saturated heterocycles. The second-order valence-electron chi connectivity index (χ2n) is 6.90. The van der Waals surface area contributed by atoms with E-state index in [1.807, 2.05) is 12.1 Å². The van der Waals surface area contributed by atoms with Crippen molar-refractivity contribution < 1.29 is 10.2 Å². The Morgan fingerprint density at radius 1 is 1.14 bits per heavy atom. The normalized spacial score (nSPS) is 34.6. The van der Waals surface area contributed by atoms with Gasteiger partial charge in [0.1, 0.15) is 11.5 Å². The largest absolute Gasteiger partial charge is 0.512 e. The molecule has 1 aliphatic heterocycles. The van der Waals surface area contributed by atoms with Crippen LogP contribution in [0.15, 0.2) is 53.5 Å². The predicted molar refractivity (Wildman–Crippen MR) is 86.8 cm³/mol. The minimum Gasteiger partial charge on any atom is -0.512 e. The highest BCUT2D eigenvalue weighted by atomic mass is 16.3. The molecule has 0 radical (unpaired) electrons. The molecule has 3 nitrogen and oxygen atoms in total. The van der Waals surface area contributed by atoms with Crippen LogP contribution in [-0.4, -0.2) is 23.3 Å². The fraction of sp³-hybridized carbons (Fsp3) is 0.474. The minimum absolute atomic E-state index is 0.111. The van der Waals surface area contributed by atoms with E-state index in [9.17, 15) is 10.2 Å². The molecule has 3 aliphatic rings. The summed E-state index contributed by atoms with van der Waals surface area (Å²) in [6.07, 6.45) is 5.51. The zero-order valence-electron chi connectivity index (χ0n) is 12.8. The lowest BCUT2D eigenvalue weighted by atomic mass is 9.53. The number of nitrogens with one attached hydrogen (secondary N) is 1. The first-order valence-electron chi connectivity index (χ1n) is 8.30. The van der Waals surface area contributed by atoms with Gasteiger partial charge in [0.25, 0.3) is 0 Å². The highest BCUT2D eigenvalue weighted by Gasteiger charge is 2.53. The van der Waals surface area contributed by atoms with Gasteiger partial charge >= 0.3 is 0 Å². The predicted octanol–water partition coefficient (Wildman–Crippen LogP) is 3.82. The number of benzene rings is 1. The number of allylic oxidation sites excluding steroid dienone is 3. The van der Waals surface area contributed by atoms with Gasteiger partial charge in [-0.1, -0.05) is 30.3 Å². The van der Waals surface area contributed by atoms with Gasteiger partial charge in [0.2, 0.25) is 0 Å². The number of hydrogen-bond donors (Lipinski definition) is 3. The van der Waals surface area contributed by atoms with E-state index in [2.05, 4.69) is 29.6 Å². The molecule has 1 fully saturated rings. The Labute approximate surface area is 131 Å². The summed E-state index contributed by atoms with van der Waals surface area (Å²) in [6.45, 7) is 1.88. The van der Waals surface area contributed by atoms with Gasteiger partial charge in [-0.3, -0.25) is 0 Å². The monoisotopic (exact) mass is 297 g/mol. The molecule has 3 heteroatoms. The van der Waals surface area contributed by atoms with Crippen LogP contribution in [0.25, 0.3) is 0 Å². The molecule has 116 valence electrons. The third-order valence-corrected chi connectivity index (χ3v) is 5.88. The molecule has 0 bridgehead atoms. The first-order valence-corrected chi connectivity index (χ1v) is 8.30. The van der Waals surface area contributed by atoms with Crippen LogP contribution >= 0.6 is 0 Å². The van der Waals surface area contributed by atoms with Gasteiger partial charge in [-0.2, -0.15) is 0 Å². The summed E-state index contributed by atoms with van der Waals surface area (Å²) in [5, 5.41) is 24.6. The SMILES string of the molecule is OC1=CCCC23CNCCC2C(c2ccccc2)CC(O)=C13. The van der Waals surface area contributed by atoms with Gasteiger partial charge in [-0.15, -0.1) is 0 Å². The number of hydrogen-bond acceptors (Lipinski definition) is 3. The summed E-state index contributed by atoms with van der Waals surface area (Å²) in [6, 6.07) is 10.6. The number of aliphatic hydroxyl groups is 2. The van der Waals surface area contributed by atoms with Gasteiger partial charge in [0.05, 0.1) is 0 Å². The van der Waals surface area contributed by atoms with E-state index < -0.39 is 0 Å². The van der Waals surface area contributed by atoms with Crippen molar-refractivity contribution >= 4 is 0 Å². The standard InChI is InChI=1S/C19H23NO2/c21-16-7-4-9-19-12-20-10-8-15(19)14(11-17(22)18(16)19)13-5-2-1-3-6-13/h1-3,5-7,14-15,20-22H,4,8-12H2. The molecule has 3 unspecified atom stereocenters. The molecular weight excluding hydrogens is 274 g/mol. The molecule has 0 aromatic heterocycles. The second-order valence-corrected chi connectivity index (χ2v) is 6.90. The lowest BCUT2D eigenvalue weighted by Crippen LogP contribution is -2.53. The Morgan fingerprint density at radius 2 is 1.95 bits per heavy atom. The highest BCUT2D eigenvalue weighted by Crippen LogP contribution is 2.58. The molecule has 1 aromatic rings. The van der Waals surface area contributed by atoms with Gasteiger partial charge in [0, 0.05) is 24.0 Å². The lowest BCUT2D eigenvalue weighted by Gasteiger charge is -2.53. The molecule has 0 amide bonds. The Morgan fingerprint density at radius 3 is 2.77 bits per heavy atom.